The zero-order valence-electron chi connectivity index (χ0n) is 20.0. The Labute approximate surface area is 211 Å². The summed E-state index contributed by atoms with van der Waals surface area (Å²) < 4.78 is 5.71. The van der Waals surface area contributed by atoms with Crippen molar-refractivity contribution >= 4 is 40.4 Å². The van der Waals surface area contributed by atoms with Gasteiger partial charge in [0.15, 0.2) is 5.82 Å². The highest BCUT2D eigenvalue weighted by Gasteiger charge is 2.26. The zero-order valence-corrected chi connectivity index (χ0v) is 20.8. The van der Waals surface area contributed by atoms with E-state index in [9.17, 15) is 0 Å². The van der Waals surface area contributed by atoms with E-state index in [1.54, 1.807) is 13.3 Å². The highest BCUT2D eigenvalue weighted by Crippen LogP contribution is 2.33. The summed E-state index contributed by atoms with van der Waals surface area (Å²) in [4.78, 5) is 14.0. The predicted octanol–water partition coefficient (Wildman–Crippen LogP) is 4.50. The molecule has 0 atom stereocenters. The van der Waals surface area contributed by atoms with Crippen LogP contribution in [0.2, 0.25) is 5.02 Å². The lowest BCUT2D eigenvalue weighted by Crippen LogP contribution is -2.52. The lowest BCUT2D eigenvalue weighted by Gasteiger charge is -2.41. The Morgan fingerprint density at radius 1 is 1.00 bits per heavy atom. The van der Waals surface area contributed by atoms with E-state index in [-0.39, 0.29) is 0 Å². The Morgan fingerprint density at radius 3 is 2.51 bits per heavy atom. The van der Waals surface area contributed by atoms with Gasteiger partial charge in [0.25, 0.3) is 0 Å². The second-order valence-corrected chi connectivity index (χ2v) is 9.30. The summed E-state index contributed by atoms with van der Waals surface area (Å²) in [5.41, 5.74) is 2.89. The molecule has 0 bridgehead atoms. The average molecular weight is 494 g/mol. The highest BCUT2D eigenvalue weighted by molar-refractivity contribution is 6.32. The standard InChI is InChI=1S/C26H32ClN7O/c1-35-24-17-21(33-13-9-20(10-14-33)34-15-11-28-12-16-34)7-8-23(24)31-26-29-18-22(27)25(32-26)30-19-5-3-2-4-6-19/h2-8,17-18,20,28H,9-16H2,1H3,(H2,29,30,31,32). The van der Waals surface area contributed by atoms with Crippen molar-refractivity contribution in [3.8, 4) is 5.75 Å². The first-order valence-corrected chi connectivity index (χ1v) is 12.6. The first kappa shape index (κ1) is 23.7. The Hall–Kier alpha value is -3.07. The van der Waals surface area contributed by atoms with Crippen LogP contribution >= 0.6 is 11.6 Å². The summed E-state index contributed by atoms with van der Waals surface area (Å²) in [6, 6.07) is 16.7. The molecular formula is C26H32ClN7O. The molecule has 184 valence electrons. The first-order valence-electron chi connectivity index (χ1n) is 12.2. The lowest BCUT2D eigenvalue weighted by atomic mass is 10.0. The quantitative estimate of drug-likeness (QED) is 0.444. The third kappa shape index (κ3) is 5.78. The van der Waals surface area contributed by atoms with Gasteiger partial charge in [0.05, 0.1) is 19.0 Å². The number of anilines is 5. The van der Waals surface area contributed by atoms with Crippen molar-refractivity contribution in [2.45, 2.75) is 18.9 Å². The number of nitrogens with zero attached hydrogens (tertiary/aromatic N) is 4. The van der Waals surface area contributed by atoms with E-state index in [0.29, 0.717) is 22.8 Å². The summed E-state index contributed by atoms with van der Waals surface area (Å²) >= 11 is 6.32. The molecule has 3 N–H and O–H groups in total. The van der Waals surface area contributed by atoms with Crippen LogP contribution in [0.1, 0.15) is 12.8 Å². The van der Waals surface area contributed by atoms with Crippen molar-refractivity contribution in [2.24, 2.45) is 0 Å². The van der Waals surface area contributed by atoms with Crippen molar-refractivity contribution < 1.29 is 4.74 Å². The molecule has 1 aromatic heterocycles. The van der Waals surface area contributed by atoms with Gasteiger partial charge in [-0.05, 0) is 37.1 Å². The van der Waals surface area contributed by atoms with Crippen molar-refractivity contribution in [1.82, 2.24) is 20.2 Å². The van der Waals surface area contributed by atoms with E-state index in [4.69, 9.17) is 16.3 Å². The maximum Gasteiger partial charge on any atom is 0.229 e. The van der Waals surface area contributed by atoms with Gasteiger partial charge in [-0.15, -0.1) is 0 Å². The fraction of sp³-hybridized carbons (Fsp3) is 0.385. The van der Waals surface area contributed by atoms with Crippen LogP contribution in [0.25, 0.3) is 0 Å². The summed E-state index contributed by atoms with van der Waals surface area (Å²) in [5, 5.41) is 10.4. The fourth-order valence-corrected chi connectivity index (χ4v) is 4.95. The lowest BCUT2D eigenvalue weighted by molar-refractivity contribution is 0.150. The van der Waals surface area contributed by atoms with Gasteiger partial charge in [0.2, 0.25) is 5.95 Å². The molecule has 0 radical (unpaired) electrons. The smallest absolute Gasteiger partial charge is 0.229 e. The molecule has 2 aliphatic heterocycles. The van der Waals surface area contributed by atoms with E-state index in [0.717, 1.165) is 56.4 Å². The molecule has 3 aromatic rings. The molecule has 35 heavy (non-hydrogen) atoms. The Bertz CT molecular complexity index is 1120. The Kier molecular flexibility index (Phi) is 7.51. The minimum Gasteiger partial charge on any atom is -0.494 e. The second-order valence-electron chi connectivity index (χ2n) is 8.89. The van der Waals surface area contributed by atoms with Gasteiger partial charge in [-0.2, -0.15) is 4.98 Å². The molecule has 0 unspecified atom stereocenters. The summed E-state index contributed by atoms with van der Waals surface area (Å²) in [6.45, 7) is 6.64. The summed E-state index contributed by atoms with van der Waals surface area (Å²) in [6.07, 6.45) is 3.97. The molecule has 0 amide bonds. The van der Waals surface area contributed by atoms with E-state index in [1.807, 2.05) is 36.4 Å². The molecule has 2 saturated heterocycles. The van der Waals surface area contributed by atoms with Crippen LogP contribution in [0.15, 0.2) is 54.7 Å². The molecule has 2 aromatic carbocycles. The summed E-state index contributed by atoms with van der Waals surface area (Å²) in [7, 11) is 1.69. The van der Waals surface area contributed by atoms with Crippen LogP contribution in [0.5, 0.6) is 5.75 Å². The van der Waals surface area contributed by atoms with Crippen molar-refractivity contribution in [3.05, 3.63) is 59.8 Å². The van der Waals surface area contributed by atoms with Gasteiger partial charge in [-0.25, -0.2) is 4.98 Å². The van der Waals surface area contributed by atoms with Crippen molar-refractivity contribution in [2.75, 3.05) is 61.9 Å². The van der Waals surface area contributed by atoms with Gasteiger partial charge >= 0.3 is 0 Å². The molecule has 9 heteroatoms. The van der Waals surface area contributed by atoms with E-state index < -0.39 is 0 Å². The van der Waals surface area contributed by atoms with Crippen LogP contribution in [0.4, 0.5) is 28.8 Å². The molecular weight excluding hydrogens is 462 g/mol. The molecule has 8 nitrogen and oxygen atoms in total. The zero-order chi connectivity index (χ0) is 24.0. The topological polar surface area (TPSA) is 77.6 Å². The van der Waals surface area contributed by atoms with Crippen molar-refractivity contribution in [1.29, 1.82) is 0 Å². The average Bonchev–Trinajstić information content (AvgIpc) is 2.92. The number of methoxy groups -OCH3 is 1. The number of piperazine rings is 1. The number of para-hydroxylation sites is 1. The molecule has 2 fully saturated rings. The van der Waals surface area contributed by atoms with Gasteiger partial charge in [-0.1, -0.05) is 29.8 Å². The van der Waals surface area contributed by atoms with Crippen LogP contribution in [0.3, 0.4) is 0 Å². The highest BCUT2D eigenvalue weighted by atomic mass is 35.5. The number of rotatable bonds is 7. The van der Waals surface area contributed by atoms with Crippen LogP contribution in [0, 0.1) is 0 Å². The maximum atomic E-state index is 6.32. The Balaban J connectivity index is 1.26. The predicted molar refractivity (Wildman–Crippen MR) is 143 cm³/mol. The Morgan fingerprint density at radius 2 is 1.77 bits per heavy atom. The minimum atomic E-state index is 0.440. The molecule has 0 saturated carbocycles. The SMILES string of the molecule is COc1cc(N2CCC(N3CCNCC3)CC2)ccc1Nc1ncc(Cl)c(Nc2ccccc2)n1. The van der Waals surface area contributed by atoms with E-state index in [2.05, 4.69) is 47.9 Å². The number of nitrogens with one attached hydrogen (secondary N) is 3. The first-order chi connectivity index (χ1) is 17.2. The van der Waals surface area contributed by atoms with Gasteiger partial charge in [0, 0.05) is 62.8 Å². The molecule has 2 aliphatic rings. The minimum absolute atomic E-state index is 0.440. The van der Waals surface area contributed by atoms with E-state index >= 15 is 0 Å². The molecule has 0 spiro atoms. The molecule has 3 heterocycles. The number of benzene rings is 2. The van der Waals surface area contributed by atoms with Gasteiger partial charge in [-0.3, -0.25) is 4.90 Å². The number of hydrogen-bond acceptors (Lipinski definition) is 8. The number of halogens is 1. The van der Waals surface area contributed by atoms with Crippen LogP contribution in [-0.2, 0) is 0 Å². The molecule has 5 rings (SSSR count). The van der Waals surface area contributed by atoms with Gasteiger partial charge in [0.1, 0.15) is 10.8 Å². The number of hydrogen-bond donors (Lipinski definition) is 3. The van der Waals surface area contributed by atoms with Crippen molar-refractivity contribution in [3.63, 3.8) is 0 Å². The third-order valence-corrected chi connectivity index (χ3v) is 6.99. The fourth-order valence-electron chi connectivity index (χ4n) is 4.81. The number of aromatic nitrogens is 2. The third-order valence-electron chi connectivity index (χ3n) is 6.71. The number of ether oxygens (including phenoxy) is 1. The molecule has 0 aliphatic carbocycles. The maximum absolute atomic E-state index is 6.32. The van der Waals surface area contributed by atoms with Crippen LogP contribution in [-0.4, -0.2) is 67.3 Å². The van der Waals surface area contributed by atoms with Crippen LogP contribution < -0.4 is 25.6 Å². The summed E-state index contributed by atoms with van der Waals surface area (Å²) in [5.74, 6) is 1.73. The monoisotopic (exact) mass is 493 g/mol. The normalized spacial score (nSPS) is 17.3. The number of piperidine rings is 1. The largest absolute Gasteiger partial charge is 0.494 e. The van der Waals surface area contributed by atoms with Gasteiger partial charge < -0.3 is 25.6 Å². The second kappa shape index (κ2) is 11.1. The van der Waals surface area contributed by atoms with E-state index in [1.165, 1.54) is 18.5 Å².